The summed E-state index contributed by atoms with van der Waals surface area (Å²) >= 11 is 5.45. The van der Waals surface area contributed by atoms with Gasteiger partial charge in [-0.25, -0.2) is 0 Å². The number of rotatable bonds is 2. The molecule has 1 unspecified atom stereocenters. The number of amides is 1. The molecule has 2 rings (SSSR count). The lowest BCUT2D eigenvalue weighted by atomic mass is 9.97. The van der Waals surface area contributed by atoms with E-state index < -0.39 is 0 Å². The van der Waals surface area contributed by atoms with Gasteiger partial charge in [-0.05, 0) is 30.9 Å². The number of thioether (sulfide) groups is 1. The minimum atomic E-state index is 0.329. The van der Waals surface area contributed by atoms with E-state index >= 15 is 0 Å². The van der Waals surface area contributed by atoms with Crippen LogP contribution in [0.3, 0.4) is 0 Å². The van der Waals surface area contributed by atoms with Crippen molar-refractivity contribution in [1.29, 1.82) is 0 Å². The number of carbonyl (C=O) groups is 1. The molecule has 4 heteroatoms. The SMILES string of the molecule is O=C(C1CCSC1)N1CCC(CBr)CC1. The van der Waals surface area contributed by atoms with E-state index in [1.807, 2.05) is 11.8 Å². The summed E-state index contributed by atoms with van der Waals surface area (Å²) in [5, 5.41) is 1.09. The van der Waals surface area contributed by atoms with Crippen molar-refractivity contribution in [2.24, 2.45) is 11.8 Å². The van der Waals surface area contributed by atoms with Crippen molar-refractivity contribution in [3.63, 3.8) is 0 Å². The van der Waals surface area contributed by atoms with Gasteiger partial charge in [0, 0.05) is 30.1 Å². The molecule has 2 nitrogen and oxygen atoms in total. The lowest BCUT2D eigenvalue weighted by Crippen LogP contribution is -2.42. The molecule has 86 valence electrons. The molecule has 2 aliphatic heterocycles. The minimum Gasteiger partial charge on any atom is -0.342 e. The van der Waals surface area contributed by atoms with Gasteiger partial charge in [0.1, 0.15) is 0 Å². The van der Waals surface area contributed by atoms with Crippen molar-refractivity contribution in [3.05, 3.63) is 0 Å². The first kappa shape index (κ1) is 11.8. The monoisotopic (exact) mass is 291 g/mol. The highest BCUT2D eigenvalue weighted by atomic mass is 79.9. The maximum atomic E-state index is 12.1. The van der Waals surface area contributed by atoms with Gasteiger partial charge in [-0.15, -0.1) is 0 Å². The lowest BCUT2D eigenvalue weighted by Gasteiger charge is -2.32. The van der Waals surface area contributed by atoms with Crippen LogP contribution >= 0.6 is 27.7 Å². The van der Waals surface area contributed by atoms with Crippen LogP contribution in [0.4, 0.5) is 0 Å². The van der Waals surface area contributed by atoms with E-state index in [1.165, 1.54) is 18.6 Å². The number of halogens is 1. The standard InChI is InChI=1S/C11H18BrNOS/c12-7-9-1-4-13(5-2-9)11(14)10-3-6-15-8-10/h9-10H,1-8H2. The zero-order chi connectivity index (χ0) is 10.7. The molecule has 0 aromatic carbocycles. The Labute approximate surface area is 104 Å². The van der Waals surface area contributed by atoms with Crippen LogP contribution in [-0.4, -0.2) is 40.7 Å². The second-order valence-electron chi connectivity index (χ2n) is 4.48. The van der Waals surface area contributed by atoms with Crippen molar-refractivity contribution in [3.8, 4) is 0 Å². The maximum absolute atomic E-state index is 12.1. The molecule has 15 heavy (non-hydrogen) atoms. The second-order valence-corrected chi connectivity index (χ2v) is 6.28. The van der Waals surface area contributed by atoms with Crippen molar-refractivity contribution < 1.29 is 4.79 Å². The molecule has 0 radical (unpaired) electrons. The van der Waals surface area contributed by atoms with Gasteiger partial charge in [0.25, 0.3) is 0 Å². The molecule has 0 aliphatic carbocycles. The van der Waals surface area contributed by atoms with E-state index in [1.54, 1.807) is 0 Å². The first-order valence-corrected chi connectivity index (χ1v) is 8.01. The van der Waals surface area contributed by atoms with Gasteiger partial charge in [0.2, 0.25) is 5.91 Å². The topological polar surface area (TPSA) is 20.3 Å². The van der Waals surface area contributed by atoms with Gasteiger partial charge in [-0.1, -0.05) is 15.9 Å². The Morgan fingerprint density at radius 2 is 2.07 bits per heavy atom. The third-order valence-electron chi connectivity index (χ3n) is 3.42. The van der Waals surface area contributed by atoms with Gasteiger partial charge < -0.3 is 4.90 Å². The highest BCUT2D eigenvalue weighted by Crippen LogP contribution is 2.27. The van der Waals surface area contributed by atoms with Crippen LogP contribution in [0, 0.1) is 11.8 Å². The molecule has 1 amide bonds. The molecular formula is C11H18BrNOS. The average Bonchev–Trinajstić information content (AvgIpc) is 2.82. The third kappa shape index (κ3) is 2.90. The van der Waals surface area contributed by atoms with Crippen LogP contribution in [0.1, 0.15) is 19.3 Å². The van der Waals surface area contributed by atoms with Crippen molar-refractivity contribution >= 4 is 33.6 Å². The van der Waals surface area contributed by atoms with Gasteiger partial charge >= 0.3 is 0 Å². The summed E-state index contributed by atoms with van der Waals surface area (Å²) in [5.41, 5.74) is 0. The zero-order valence-corrected chi connectivity index (χ0v) is 11.4. The Morgan fingerprint density at radius 1 is 1.33 bits per heavy atom. The highest BCUT2D eigenvalue weighted by molar-refractivity contribution is 9.09. The lowest BCUT2D eigenvalue weighted by molar-refractivity contribution is -0.136. The van der Waals surface area contributed by atoms with Gasteiger partial charge in [0.15, 0.2) is 0 Å². The smallest absolute Gasteiger partial charge is 0.226 e. The Bertz CT molecular complexity index is 223. The summed E-state index contributed by atoms with van der Waals surface area (Å²) in [5.74, 6) is 3.77. The maximum Gasteiger partial charge on any atom is 0.226 e. The second kappa shape index (κ2) is 5.58. The number of likely N-dealkylation sites (tertiary alicyclic amines) is 1. The molecule has 2 aliphatic rings. The molecule has 0 spiro atoms. The van der Waals surface area contributed by atoms with Crippen LogP contribution in [-0.2, 0) is 4.79 Å². The molecule has 0 bridgehead atoms. The predicted molar refractivity (Wildman–Crippen MR) is 68.5 cm³/mol. The molecule has 2 heterocycles. The molecular weight excluding hydrogens is 274 g/mol. The van der Waals surface area contributed by atoms with E-state index in [4.69, 9.17) is 0 Å². The first-order chi connectivity index (χ1) is 7.31. The molecule has 1 atom stereocenters. The minimum absolute atomic E-state index is 0.329. The number of hydrogen-bond donors (Lipinski definition) is 0. The van der Waals surface area contributed by atoms with Crippen LogP contribution in [0.2, 0.25) is 0 Å². The number of nitrogens with zero attached hydrogens (tertiary/aromatic N) is 1. The molecule has 0 saturated carbocycles. The van der Waals surface area contributed by atoms with E-state index in [0.29, 0.717) is 11.8 Å². The van der Waals surface area contributed by atoms with Crippen LogP contribution < -0.4 is 0 Å². The van der Waals surface area contributed by atoms with Crippen LogP contribution in [0.15, 0.2) is 0 Å². The summed E-state index contributed by atoms with van der Waals surface area (Å²) < 4.78 is 0. The molecule has 0 N–H and O–H groups in total. The first-order valence-electron chi connectivity index (χ1n) is 5.73. The summed E-state index contributed by atoms with van der Waals surface area (Å²) in [4.78, 5) is 14.2. The number of carbonyl (C=O) groups excluding carboxylic acids is 1. The van der Waals surface area contributed by atoms with Crippen molar-refractivity contribution in [1.82, 2.24) is 4.90 Å². The normalized spacial score (nSPS) is 28.3. The zero-order valence-electron chi connectivity index (χ0n) is 8.95. The Morgan fingerprint density at radius 3 is 2.60 bits per heavy atom. The van der Waals surface area contributed by atoms with Crippen LogP contribution in [0.25, 0.3) is 0 Å². The number of hydrogen-bond acceptors (Lipinski definition) is 2. The fourth-order valence-electron chi connectivity index (χ4n) is 2.30. The summed E-state index contributed by atoms with van der Waals surface area (Å²) in [6.07, 6.45) is 3.45. The Kier molecular flexibility index (Phi) is 4.38. The molecule has 2 saturated heterocycles. The Balaban J connectivity index is 1.81. The van der Waals surface area contributed by atoms with Crippen molar-refractivity contribution in [2.45, 2.75) is 19.3 Å². The van der Waals surface area contributed by atoms with Gasteiger partial charge in [-0.2, -0.15) is 11.8 Å². The fourth-order valence-corrected chi connectivity index (χ4v) is 4.15. The summed E-state index contributed by atoms with van der Waals surface area (Å²) in [7, 11) is 0. The van der Waals surface area contributed by atoms with Crippen molar-refractivity contribution in [2.75, 3.05) is 29.9 Å². The summed E-state index contributed by atoms with van der Waals surface area (Å²) in [6.45, 7) is 1.96. The highest BCUT2D eigenvalue weighted by Gasteiger charge is 2.29. The quantitative estimate of drug-likeness (QED) is 0.728. The van der Waals surface area contributed by atoms with E-state index in [0.717, 1.165) is 36.5 Å². The van der Waals surface area contributed by atoms with E-state index in [9.17, 15) is 4.79 Å². The molecule has 0 aromatic rings. The molecule has 0 aromatic heterocycles. The third-order valence-corrected chi connectivity index (χ3v) is 5.50. The predicted octanol–water partition coefficient (Wildman–Crippen LogP) is 2.37. The van der Waals surface area contributed by atoms with Gasteiger partial charge in [-0.3, -0.25) is 4.79 Å². The summed E-state index contributed by atoms with van der Waals surface area (Å²) in [6, 6.07) is 0. The van der Waals surface area contributed by atoms with Crippen LogP contribution in [0.5, 0.6) is 0 Å². The Hall–Kier alpha value is 0.300. The fraction of sp³-hybridized carbons (Fsp3) is 0.909. The number of piperidine rings is 1. The largest absolute Gasteiger partial charge is 0.342 e. The average molecular weight is 292 g/mol. The van der Waals surface area contributed by atoms with Gasteiger partial charge in [0.05, 0.1) is 0 Å². The molecule has 2 fully saturated rings. The van der Waals surface area contributed by atoms with E-state index in [2.05, 4.69) is 20.8 Å². The number of alkyl halides is 1. The van der Waals surface area contributed by atoms with E-state index in [-0.39, 0.29) is 0 Å².